The van der Waals surface area contributed by atoms with Gasteiger partial charge in [-0.25, -0.2) is 4.79 Å². The van der Waals surface area contributed by atoms with Crippen molar-refractivity contribution in [1.29, 1.82) is 0 Å². The summed E-state index contributed by atoms with van der Waals surface area (Å²) < 4.78 is 39.5. The molecule has 2 aromatic carbocycles. The van der Waals surface area contributed by atoms with E-state index in [2.05, 4.69) is 17.2 Å². The van der Waals surface area contributed by atoms with Crippen molar-refractivity contribution in [2.45, 2.75) is 53.1 Å². The Bertz CT molecular complexity index is 1870. The van der Waals surface area contributed by atoms with E-state index in [0.29, 0.717) is 64.9 Å². The molecule has 2 aliphatic rings. The number of nitrogens with one attached hydrogen (secondary N) is 2. The zero-order valence-corrected chi connectivity index (χ0v) is 35.0. The van der Waals surface area contributed by atoms with E-state index in [9.17, 15) is 19.2 Å². The SMILES string of the molecule is C=C1NC(c2cc3c(cc2NCC(=O)OC(C)(C)CC)N(CC(=O)OC)CCOCCN(CC(=O)OC)c2ccc(C)cc2OCCO3)=CC1(C)C/C=C/C(=O)OC. The van der Waals surface area contributed by atoms with E-state index >= 15 is 0 Å². The number of carbonyl (C=O) groups excluding carboxylic acids is 4. The molecule has 316 valence electrons. The number of benzene rings is 2. The molecule has 0 spiro atoms. The van der Waals surface area contributed by atoms with Gasteiger partial charge in [-0.1, -0.05) is 32.6 Å². The van der Waals surface area contributed by atoms with E-state index in [0.717, 1.165) is 5.56 Å². The number of aryl methyl sites for hydroxylation is 1. The quantitative estimate of drug-likeness (QED) is 0.155. The second-order valence-corrected chi connectivity index (χ2v) is 14.8. The van der Waals surface area contributed by atoms with E-state index in [1.54, 1.807) is 11.0 Å². The molecule has 15 heteroatoms. The van der Waals surface area contributed by atoms with Crippen LogP contribution in [0.5, 0.6) is 11.5 Å². The largest absolute Gasteiger partial charge is 0.488 e. The lowest BCUT2D eigenvalue weighted by Gasteiger charge is -2.28. The van der Waals surface area contributed by atoms with Crippen molar-refractivity contribution in [1.82, 2.24) is 5.32 Å². The van der Waals surface area contributed by atoms with Gasteiger partial charge in [0.2, 0.25) is 0 Å². The van der Waals surface area contributed by atoms with Gasteiger partial charge in [0.1, 0.15) is 49.9 Å². The highest BCUT2D eigenvalue weighted by atomic mass is 16.6. The molecule has 15 nitrogen and oxygen atoms in total. The molecule has 0 radical (unpaired) electrons. The number of carbonyl (C=O) groups is 4. The maximum Gasteiger partial charge on any atom is 0.330 e. The molecule has 0 aliphatic carbocycles. The number of fused-ring (bicyclic) bond motifs is 2. The van der Waals surface area contributed by atoms with E-state index < -0.39 is 34.9 Å². The summed E-state index contributed by atoms with van der Waals surface area (Å²) in [6.07, 6.45) is 6.20. The smallest absolute Gasteiger partial charge is 0.330 e. The Morgan fingerprint density at radius 1 is 0.897 bits per heavy atom. The highest BCUT2D eigenvalue weighted by Gasteiger charge is 2.33. The topological polar surface area (TPSA) is 163 Å². The van der Waals surface area contributed by atoms with Crippen LogP contribution in [0.3, 0.4) is 0 Å². The normalized spacial score (nSPS) is 17.6. The number of nitrogens with zero attached hydrogens (tertiary/aromatic N) is 2. The number of esters is 4. The molecule has 0 amide bonds. The molecule has 4 rings (SSSR count). The van der Waals surface area contributed by atoms with Crippen molar-refractivity contribution < 1.29 is 52.3 Å². The number of hydrogen-bond acceptors (Lipinski definition) is 15. The average molecular weight is 807 g/mol. The van der Waals surface area contributed by atoms with Crippen molar-refractivity contribution in [3.63, 3.8) is 0 Å². The highest BCUT2D eigenvalue weighted by Crippen LogP contribution is 2.44. The lowest BCUT2D eigenvalue weighted by Crippen LogP contribution is -2.36. The van der Waals surface area contributed by atoms with Gasteiger partial charge in [-0.15, -0.1) is 0 Å². The van der Waals surface area contributed by atoms with Crippen LogP contribution in [0.1, 0.15) is 51.7 Å². The molecular weight excluding hydrogens is 748 g/mol. The monoisotopic (exact) mass is 806 g/mol. The number of rotatable bonds is 13. The summed E-state index contributed by atoms with van der Waals surface area (Å²) >= 11 is 0. The summed E-state index contributed by atoms with van der Waals surface area (Å²) in [5, 5.41) is 6.69. The summed E-state index contributed by atoms with van der Waals surface area (Å²) in [7, 11) is 3.98. The van der Waals surface area contributed by atoms with Crippen LogP contribution in [0.2, 0.25) is 0 Å². The Balaban J connectivity index is 1.81. The van der Waals surface area contributed by atoms with Gasteiger partial charge >= 0.3 is 23.9 Å². The van der Waals surface area contributed by atoms with Gasteiger partial charge < -0.3 is 53.6 Å². The van der Waals surface area contributed by atoms with Gasteiger partial charge in [0, 0.05) is 47.2 Å². The number of hydrogen-bond donors (Lipinski definition) is 2. The molecule has 2 aliphatic heterocycles. The van der Waals surface area contributed by atoms with Crippen molar-refractivity contribution in [3.05, 3.63) is 72.0 Å². The van der Waals surface area contributed by atoms with Gasteiger partial charge in [-0.05, 0) is 69.5 Å². The van der Waals surface area contributed by atoms with Crippen molar-refractivity contribution in [2.24, 2.45) is 5.41 Å². The van der Waals surface area contributed by atoms with Crippen LogP contribution in [-0.2, 0) is 42.9 Å². The van der Waals surface area contributed by atoms with E-state index in [-0.39, 0.29) is 52.6 Å². The second kappa shape index (κ2) is 20.6. The van der Waals surface area contributed by atoms with E-state index in [1.807, 2.05) is 75.9 Å². The first kappa shape index (κ1) is 45.0. The summed E-state index contributed by atoms with van der Waals surface area (Å²) in [4.78, 5) is 53.9. The highest BCUT2D eigenvalue weighted by molar-refractivity contribution is 5.87. The van der Waals surface area contributed by atoms with Crippen LogP contribution < -0.4 is 29.9 Å². The maximum absolute atomic E-state index is 13.1. The fraction of sp³-hybridized carbons (Fsp3) is 0.488. The van der Waals surface area contributed by atoms with Crippen molar-refractivity contribution in [3.8, 4) is 11.5 Å². The first-order chi connectivity index (χ1) is 27.6. The summed E-state index contributed by atoms with van der Waals surface area (Å²) in [6, 6.07) is 9.39. The van der Waals surface area contributed by atoms with Gasteiger partial charge in [-0.3, -0.25) is 14.4 Å². The number of anilines is 3. The van der Waals surface area contributed by atoms with E-state index in [4.69, 9.17) is 33.2 Å². The second-order valence-electron chi connectivity index (χ2n) is 14.8. The minimum atomic E-state index is -0.659. The molecule has 58 heavy (non-hydrogen) atoms. The summed E-state index contributed by atoms with van der Waals surface area (Å²) in [5.41, 5.74) is 3.51. The van der Waals surface area contributed by atoms with Gasteiger partial charge in [0.25, 0.3) is 0 Å². The molecule has 0 saturated heterocycles. The molecule has 2 heterocycles. The fourth-order valence-corrected chi connectivity index (χ4v) is 6.19. The lowest BCUT2D eigenvalue weighted by atomic mass is 9.85. The van der Waals surface area contributed by atoms with Crippen molar-refractivity contribution >= 4 is 46.6 Å². The van der Waals surface area contributed by atoms with Crippen LogP contribution >= 0.6 is 0 Å². The van der Waals surface area contributed by atoms with Gasteiger partial charge in [-0.2, -0.15) is 0 Å². The first-order valence-corrected chi connectivity index (χ1v) is 19.3. The Labute approximate surface area is 341 Å². The summed E-state index contributed by atoms with van der Waals surface area (Å²) in [5.74, 6) is -0.832. The molecule has 0 saturated carbocycles. The Hall–Kier alpha value is -5.70. The van der Waals surface area contributed by atoms with Gasteiger partial charge in [0.05, 0.1) is 45.9 Å². The van der Waals surface area contributed by atoms with Crippen LogP contribution in [0.4, 0.5) is 17.1 Å². The number of methoxy groups -OCH3 is 3. The zero-order chi connectivity index (χ0) is 42.5. The van der Waals surface area contributed by atoms with Gasteiger partial charge in [0.15, 0.2) is 0 Å². The Morgan fingerprint density at radius 2 is 1.52 bits per heavy atom. The minimum Gasteiger partial charge on any atom is -0.488 e. The van der Waals surface area contributed by atoms with E-state index in [1.165, 1.54) is 27.4 Å². The molecule has 1 atom stereocenters. The zero-order valence-electron chi connectivity index (χ0n) is 35.0. The maximum atomic E-state index is 13.1. The third kappa shape index (κ3) is 12.4. The molecular formula is C43H58N4O11. The van der Waals surface area contributed by atoms with Crippen LogP contribution in [0, 0.1) is 12.3 Å². The number of allylic oxidation sites excluding steroid dienone is 2. The lowest BCUT2D eigenvalue weighted by molar-refractivity contribution is -0.154. The van der Waals surface area contributed by atoms with Crippen LogP contribution in [0.25, 0.3) is 5.70 Å². The average Bonchev–Trinajstić information content (AvgIpc) is 3.49. The predicted molar refractivity (Wildman–Crippen MR) is 221 cm³/mol. The molecule has 0 bridgehead atoms. The Kier molecular flexibility index (Phi) is 16.0. The van der Waals surface area contributed by atoms with Crippen LogP contribution in [-0.4, -0.2) is 110 Å². The van der Waals surface area contributed by atoms with Crippen molar-refractivity contribution in [2.75, 3.05) is 95.6 Å². The Morgan fingerprint density at radius 3 is 2.12 bits per heavy atom. The number of ether oxygens (including phenoxy) is 7. The summed E-state index contributed by atoms with van der Waals surface area (Å²) in [6.45, 7) is 14.8. The standard InChI is InChI=1S/C43H58N4O11/c1-10-42(4,5)58-39(49)26-44-32-24-35-37(23-31(32)33-25-43(6,30(3)45-33)15-11-12-38(48)52-7)57-21-20-56-36-22-29(2)13-14-34(36)46(27-40(50)53-8)16-18-55-19-17-47(35)28-41(51)54-9/h11-14,22-25,44-45H,3,10,15-21,26-28H2,1-2,4-9H3/b12-11+. The third-order valence-corrected chi connectivity index (χ3v) is 9.99. The predicted octanol–water partition coefficient (Wildman–Crippen LogP) is 5.17. The molecule has 0 aromatic heterocycles. The van der Waals surface area contributed by atoms with Crippen LogP contribution in [0.15, 0.2) is 60.8 Å². The molecule has 0 fully saturated rings. The minimum absolute atomic E-state index is 0.0192. The first-order valence-electron chi connectivity index (χ1n) is 19.3. The molecule has 1 unspecified atom stereocenters. The third-order valence-electron chi connectivity index (χ3n) is 9.99. The fourth-order valence-electron chi connectivity index (χ4n) is 6.19. The molecule has 2 N–H and O–H groups in total. The molecule has 2 aromatic rings.